The van der Waals surface area contributed by atoms with E-state index in [1.54, 1.807) is 6.33 Å². The fourth-order valence-electron chi connectivity index (χ4n) is 3.04. The van der Waals surface area contributed by atoms with Crippen molar-refractivity contribution in [1.29, 1.82) is 0 Å². The van der Waals surface area contributed by atoms with Crippen LogP contribution in [0.25, 0.3) is 0 Å². The monoisotopic (exact) mass is 340 g/mol. The Morgan fingerprint density at radius 3 is 2.48 bits per heavy atom. The Bertz CT molecular complexity index is 722. The van der Waals surface area contributed by atoms with Gasteiger partial charge in [0, 0.05) is 24.8 Å². The third kappa shape index (κ3) is 4.26. The van der Waals surface area contributed by atoms with Gasteiger partial charge in [0.25, 0.3) is 0 Å². The maximum Gasteiger partial charge on any atom is 0.306 e. The van der Waals surface area contributed by atoms with Crippen LogP contribution in [0.3, 0.4) is 0 Å². The largest absolute Gasteiger partial charge is 0.481 e. The summed E-state index contributed by atoms with van der Waals surface area (Å²) < 4.78 is 0. The fourth-order valence-corrected chi connectivity index (χ4v) is 3.04. The van der Waals surface area contributed by atoms with Gasteiger partial charge in [-0.3, -0.25) is 4.79 Å². The van der Waals surface area contributed by atoms with Crippen LogP contribution in [-0.4, -0.2) is 34.1 Å². The highest BCUT2D eigenvalue weighted by Gasteiger charge is 2.25. The van der Waals surface area contributed by atoms with Crippen molar-refractivity contribution in [2.24, 2.45) is 5.92 Å². The molecule has 0 saturated carbocycles. The van der Waals surface area contributed by atoms with Crippen molar-refractivity contribution < 1.29 is 9.90 Å². The van der Waals surface area contributed by atoms with Crippen LogP contribution in [0.5, 0.6) is 0 Å². The Balaban J connectivity index is 1.66. The van der Waals surface area contributed by atoms with E-state index >= 15 is 0 Å². The summed E-state index contributed by atoms with van der Waals surface area (Å²) in [6.07, 6.45) is 2.85. The smallest absolute Gasteiger partial charge is 0.306 e. The molecule has 0 amide bonds. The van der Waals surface area contributed by atoms with Crippen molar-refractivity contribution in [3.8, 4) is 0 Å². The molecule has 6 nitrogen and oxygen atoms in total. The molecule has 0 bridgehead atoms. The summed E-state index contributed by atoms with van der Waals surface area (Å²) in [7, 11) is 0. The molecule has 0 unspecified atom stereocenters. The van der Waals surface area contributed by atoms with Crippen LogP contribution >= 0.6 is 0 Å². The molecule has 1 aliphatic heterocycles. The standard InChI is InChI=1S/C19H24N4O2/c1-13(2)14-3-5-16(6-4-14)22-17-11-18(21-12-20-17)23-9-7-15(8-10-23)19(24)25/h3-6,11-13,15H,7-10H2,1-2H3,(H,24,25)(H,20,21,22). The Morgan fingerprint density at radius 1 is 1.20 bits per heavy atom. The third-order valence-corrected chi connectivity index (χ3v) is 4.67. The van der Waals surface area contributed by atoms with E-state index < -0.39 is 5.97 Å². The van der Waals surface area contributed by atoms with Crippen molar-refractivity contribution >= 4 is 23.3 Å². The lowest BCUT2D eigenvalue weighted by Crippen LogP contribution is -2.36. The first-order valence-corrected chi connectivity index (χ1v) is 8.69. The molecule has 132 valence electrons. The minimum Gasteiger partial charge on any atom is -0.481 e. The number of benzene rings is 1. The van der Waals surface area contributed by atoms with E-state index in [0.717, 1.165) is 17.3 Å². The van der Waals surface area contributed by atoms with Crippen LogP contribution in [0.4, 0.5) is 17.3 Å². The predicted molar refractivity (Wildman–Crippen MR) is 98.4 cm³/mol. The van der Waals surface area contributed by atoms with Gasteiger partial charge in [0.15, 0.2) is 0 Å². The normalized spacial score (nSPS) is 15.4. The van der Waals surface area contributed by atoms with Crippen LogP contribution in [0.1, 0.15) is 38.2 Å². The number of hydrogen-bond acceptors (Lipinski definition) is 5. The van der Waals surface area contributed by atoms with E-state index in [1.807, 2.05) is 6.07 Å². The summed E-state index contributed by atoms with van der Waals surface area (Å²) in [6.45, 7) is 5.76. The van der Waals surface area contributed by atoms with Gasteiger partial charge in [-0.2, -0.15) is 0 Å². The molecule has 1 aliphatic rings. The van der Waals surface area contributed by atoms with E-state index in [1.165, 1.54) is 5.56 Å². The topological polar surface area (TPSA) is 78.4 Å². The molecule has 1 aromatic heterocycles. The number of nitrogens with one attached hydrogen (secondary N) is 1. The highest BCUT2D eigenvalue weighted by atomic mass is 16.4. The first kappa shape index (κ1) is 17.2. The predicted octanol–water partition coefficient (Wildman–Crippen LogP) is 3.64. The molecule has 0 aliphatic carbocycles. The van der Waals surface area contributed by atoms with Gasteiger partial charge < -0.3 is 15.3 Å². The molecule has 6 heteroatoms. The average Bonchev–Trinajstić information content (AvgIpc) is 2.62. The number of rotatable bonds is 5. The number of carboxylic acid groups (broad SMARTS) is 1. The van der Waals surface area contributed by atoms with Crippen LogP contribution < -0.4 is 10.2 Å². The van der Waals surface area contributed by atoms with Gasteiger partial charge in [-0.25, -0.2) is 9.97 Å². The zero-order valence-corrected chi connectivity index (χ0v) is 14.6. The highest BCUT2D eigenvalue weighted by Crippen LogP contribution is 2.25. The number of carbonyl (C=O) groups is 1. The molecule has 2 aromatic rings. The average molecular weight is 340 g/mol. The van der Waals surface area contributed by atoms with E-state index in [-0.39, 0.29) is 5.92 Å². The SMILES string of the molecule is CC(C)c1ccc(Nc2cc(N3CCC(C(=O)O)CC3)ncn2)cc1. The molecule has 2 heterocycles. The van der Waals surface area contributed by atoms with Gasteiger partial charge >= 0.3 is 5.97 Å². The van der Waals surface area contributed by atoms with Crippen LogP contribution in [0, 0.1) is 5.92 Å². The van der Waals surface area contributed by atoms with Gasteiger partial charge in [0.05, 0.1) is 5.92 Å². The highest BCUT2D eigenvalue weighted by molar-refractivity contribution is 5.70. The van der Waals surface area contributed by atoms with E-state index in [4.69, 9.17) is 5.11 Å². The lowest BCUT2D eigenvalue weighted by Gasteiger charge is -2.31. The second-order valence-corrected chi connectivity index (χ2v) is 6.76. The molecule has 3 rings (SSSR count). The number of anilines is 3. The molecule has 1 aromatic carbocycles. The Hall–Kier alpha value is -2.63. The second kappa shape index (κ2) is 7.51. The molecule has 0 radical (unpaired) electrons. The Labute approximate surface area is 147 Å². The van der Waals surface area contributed by atoms with E-state index in [2.05, 4.69) is 58.3 Å². The first-order chi connectivity index (χ1) is 12.0. The maximum absolute atomic E-state index is 11.1. The third-order valence-electron chi connectivity index (χ3n) is 4.67. The zero-order chi connectivity index (χ0) is 17.8. The molecular weight excluding hydrogens is 316 g/mol. The van der Waals surface area contributed by atoms with E-state index in [0.29, 0.717) is 31.8 Å². The number of aliphatic carboxylic acids is 1. The van der Waals surface area contributed by atoms with Gasteiger partial charge in [-0.15, -0.1) is 0 Å². The van der Waals surface area contributed by atoms with Crippen LogP contribution in [-0.2, 0) is 4.79 Å². The Kier molecular flexibility index (Phi) is 5.16. The number of hydrogen-bond donors (Lipinski definition) is 2. The molecule has 0 spiro atoms. The molecular formula is C19H24N4O2. The summed E-state index contributed by atoms with van der Waals surface area (Å²) in [5.74, 6) is 1.14. The number of carboxylic acids is 1. The number of aromatic nitrogens is 2. The zero-order valence-electron chi connectivity index (χ0n) is 14.6. The number of piperidine rings is 1. The molecule has 25 heavy (non-hydrogen) atoms. The van der Waals surface area contributed by atoms with Gasteiger partial charge in [0.1, 0.15) is 18.0 Å². The van der Waals surface area contributed by atoms with Crippen molar-refractivity contribution in [2.75, 3.05) is 23.3 Å². The van der Waals surface area contributed by atoms with Crippen molar-refractivity contribution in [3.63, 3.8) is 0 Å². The number of nitrogens with zero attached hydrogens (tertiary/aromatic N) is 3. The lowest BCUT2D eigenvalue weighted by atomic mass is 9.97. The lowest BCUT2D eigenvalue weighted by molar-refractivity contribution is -0.142. The first-order valence-electron chi connectivity index (χ1n) is 8.69. The van der Waals surface area contributed by atoms with Gasteiger partial charge in [0.2, 0.25) is 0 Å². The van der Waals surface area contributed by atoms with Crippen molar-refractivity contribution in [3.05, 3.63) is 42.2 Å². The minimum atomic E-state index is -0.700. The summed E-state index contributed by atoms with van der Waals surface area (Å²) in [5, 5.41) is 12.4. The fraction of sp³-hybridized carbons (Fsp3) is 0.421. The summed E-state index contributed by atoms with van der Waals surface area (Å²) >= 11 is 0. The summed E-state index contributed by atoms with van der Waals surface area (Å²) in [4.78, 5) is 21.8. The van der Waals surface area contributed by atoms with Crippen molar-refractivity contribution in [1.82, 2.24) is 9.97 Å². The van der Waals surface area contributed by atoms with Gasteiger partial charge in [-0.1, -0.05) is 26.0 Å². The molecule has 0 atom stereocenters. The molecule has 1 saturated heterocycles. The summed E-state index contributed by atoms with van der Waals surface area (Å²) in [6, 6.07) is 10.2. The van der Waals surface area contributed by atoms with Gasteiger partial charge in [-0.05, 0) is 36.5 Å². The molecule has 1 fully saturated rings. The van der Waals surface area contributed by atoms with Crippen LogP contribution in [0.15, 0.2) is 36.7 Å². The van der Waals surface area contributed by atoms with E-state index in [9.17, 15) is 4.79 Å². The maximum atomic E-state index is 11.1. The summed E-state index contributed by atoms with van der Waals surface area (Å²) in [5.41, 5.74) is 2.29. The minimum absolute atomic E-state index is 0.241. The second-order valence-electron chi connectivity index (χ2n) is 6.76. The Morgan fingerprint density at radius 2 is 1.88 bits per heavy atom. The van der Waals surface area contributed by atoms with Crippen LogP contribution in [0.2, 0.25) is 0 Å². The molecule has 2 N–H and O–H groups in total. The quantitative estimate of drug-likeness (QED) is 0.865. The van der Waals surface area contributed by atoms with Crippen molar-refractivity contribution in [2.45, 2.75) is 32.6 Å².